The third-order valence-electron chi connectivity index (χ3n) is 3.11. The van der Waals surface area contributed by atoms with E-state index in [-0.39, 0.29) is 24.1 Å². The van der Waals surface area contributed by atoms with Gasteiger partial charge in [-0.1, -0.05) is 11.6 Å². The third kappa shape index (κ3) is 2.77. The van der Waals surface area contributed by atoms with Crippen LogP contribution >= 0.6 is 11.6 Å². The van der Waals surface area contributed by atoms with Gasteiger partial charge in [0.15, 0.2) is 0 Å². The average Bonchev–Trinajstić information content (AvgIpc) is 2.71. The van der Waals surface area contributed by atoms with Crippen LogP contribution in [-0.2, 0) is 4.74 Å². The van der Waals surface area contributed by atoms with E-state index in [9.17, 15) is 4.39 Å². The summed E-state index contributed by atoms with van der Waals surface area (Å²) in [6, 6.07) is 3.99. The molecule has 1 fully saturated rings. The van der Waals surface area contributed by atoms with Crippen LogP contribution in [0, 0.1) is 5.82 Å². The summed E-state index contributed by atoms with van der Waals surface area (Å²) in [4.78, 5) is 0. The lowest BCUT2D eigenvalue weighted by Crippen LogP contribution is -2.36. The second-order valence-corrected chi connectivity index (χ2v) is 4.78. The van der Waals surface area contributed by atoms with Crippen molar-refractivity contribution in [3.63, 3.8) is 0 Å². The zero-order valence-corrected chi connectivity index (χ0v) is 10.4. The summed E-state index contributed by atoms with van der Waals surface area (Å²) >= 11 is 6.07. The van der Waals surface area contributed by atoms with Crippen molar-refractivity contribution in [1.29, 1.82) is 0 Å². The SMILES string of the molecule is CC1CCC(C(NN)c2cc(F)ccc2Cl)O1. The van der Waals surface area contributed by atoms with Gasteiger partial charge in [0.1, 0.15) is 5.82 Å². The van der Waals surface area contributed by atoms with Crippen molar-refractivity contribution >= 4 is 11.6 Å². The molecule has 17 heavy (non-hydrogen) atoms. The molecule has 1 aliphatic heterocycles. The smallest absolute Gasteiger partial charge is 0.123 e. The molecule has 94 valence electrons. The van der Waals surface area contributed by atoms with Crippen molar-refractivity contribution in [3.8, 4) is 0 Å². The van der Waals surface area contributed by atoms with Gasteiger partial charge in [0.05, 0.1) is 18.2 Å². The van der Waals surface area contributed by atoms with Crippen molar-refractivity contribution in [2.24, 2.45) is 5.84 Å². The molecule has 0 aromatic heterocycles. The lowest BCUT2D eigenvalue weighted by molar-refractivity contribution is 0.0316. The molecule has 3 nitrogen and oxygen atoms in total. The lowest BCUT2D eigenvalue weighted by Gasteiger charge is -2.24. The van der Waals surface area contributed by atoms with Crippen LogP contribution in [0.2, 0.25) is 5.02 Å². The van der Waals surface area contributed by atoms with E-state index in [2.05, 4.69) is 5.43 Å². The van der Waals surface area contributed by atoms with E-state index in [0.29, 0.717) is 10.6 Å². The van der Waals surface area contributed by atoms with Crippen molar-refractivity contribution < 1.29 is 9.13 Å². The molecular formula is C12H16ClFN2O. The molecule has 0 amide bonds. The van der Waals surface area contributed by atoms with Gasteiger partial charge in [-0.05, 0) is 43.5 Å². The van der Waals surface area contributed by atoms with Gasteiger partial charge in [0.2, 0.25) is 0 Å². The Bertz CT molecular complexity index is 402. The number of benzene rings is 1. The van der Waals surface area contributed by atoms with Crippen molar-refractivity contribution in [2.75, 3.05) is 0 Å². The molecule has 2 rings (SSSR count). The number of nitrogens with two attached hydrogens (primary N) is 1. The molecular weight excluding hydrogens is 243 g/mol. The van der Waals surface area contributed by atoms with Gasteiger partial charge >= 0.3 is 0 Å². The van der Waals surface area contributed by atoms with Gasteiger partial charge in [0, 0.05) is 5.02 Å². The fraction of sp³-hybridized carbons (Fsp3) is 0.500. The summed E-state index contributed by atoms with van der Waals surface area (Å²) in [5.41, 5.74) is 3.32. The molecule has 1 saturated heterocycles. The van der Waals surface area contributed by atoms with Gasteiger partial charge < -0.3 is 4.74 Å². The molecule has 1 aliphatic rings. The fourth-order valence-corrected chi connectivity index (χ4v) is 2.46. The molecule has 0 aliphatic carbocycles. The van der Waals surface area contributed by atoms with Crippen molar-refractivity contribution in [2.45, 2.75) is 38.0 Å². The first-order chi connectivity index (χ1) is 8.11. The zero-order chi connectivity index (χ0) is 12.4. The second kappa shape index (κ2) is 5.31. The minimum absolute atomic E-state index is 0.0608. The Hall–Kier alpha value is -0.680. The number of hydrogen-bond donors (Lipinski definition) is 2. The zero-order valence-electron chi connectivity index (χ0n) is 9.62. The van der Waals surface area contributed by atoms with Crippen LogP contribution in [0.3, 0.4) is 0 Å². The molecule has 0 saturated carbocycles. The monoisotopic (exact) mass is 258 g/mol. The lowest BCUT2D eigenvalue weighted by atomic mass is 9.99. The molecule has 3 atom stereocenters. The molecule has 3 unspecified atom stereocenters. The maximum Gasteiger partial charge on any atom is 0.123 e. The van der Waals surface area contributed by atoms with E-state index in [0.717, 1.165) is 12.8 Å². The van der Waals surface area contributed by atoms with Gasteiger partial charge in [-0.2, -0.15) is 0 Å². The van der Waals surface area contributed by atoms with E-state index in [1.165, 1.54) is 18.2 Å². The number of rotatable bonds is 3. The standard InChI is InChI=1S/C12H16ClFN2O/c1-7-2-5-11(17-7)12(16-15)9-6-8(14)3-4-10(9)13/h3-4,6-7,11-12,16H,2,5,15H2,1H3. The first-order valence-electron chi connectivity index (χ1n) is 5.68. The third-order valence-corrected chi connectivity index (χ3v) is 3.45. The summed E-state index contributed by atoms with van der Waals surface area (Å²) in [7, 11) is 0. The highest BCUT2D eigenvalue weighted by Crippen LogP contribution is 2.33. The maximum absolute atomic E-state index is 13.2. The van der Waals surface area contributed by atoms with Gasteiger partial charge in [-0.15, -0.1) is 0 Å². The Balaban J connectivity index is 2.25. The minimum Gasteiger partial charge on any atom is -0.373 e. The molecule has 0 radical (unpaired) electrons. The Morgan fingerprint density at radius 3 is 2.88 bits per heavy atom. The number of halogens is 2. The Morgan fingerprint density at radius 1 is 1.53 bits per heavy atom. The Morgan fingerprint density at radius 2 is 2.29 bits per heavy atom. The highest BCUT2D eigenvalue weighted by molar-refractivity contribution is 6.31. The van der Waals surface area contributed by atoms with E-state index in [1.54, 1.807) is 0 Å². The second-order valence-electron chi connectivity index (χ2n) is 4.37. The number of ether oxygens (including phenoxy) is 1. The van der Waals surface area contributed by atoms with Crippen LogP contribution < -0.4 is 11.3 Å². The minimum atomic E-state index is -0.323. The molecule has 1 heterocycles. The summed E-state index contributed by atoms with van der Waals surface area (Å²) in [6.45, 7) is 2.01. The fourth-order valence-electron chi connectivity index (χ4n) is 2.23. The van der Waals surface area contributed by atoms with E-state index in [1.807, 2.05) is 6.92 Å². The Labute approximate surface area is 105 Å². The highest BCUT2D eigenvalue weighted by atomic mass is 35.5. The first-order valence-corrected chi connectivity index (χ1v) is 6.06. The predicted octanol–water partition coefficient (Wildman–Crippen LogP) is 2.55. The molecule has 1 aromatic rings. The number of hydrogen-bond acceptors (Lipinski definition) is 3. The summed E-state index contributed by atoms with van der Waals surface area (Å²) < 4.78 is 19.0. The largest absolute Gasteiger partial charge is 0.373 e. The van der Waals surface area contributed by atoms with Crippen LogP contribution in [-0.4, -0.2) is 12.2 Å². The number of nitrogens with one attached hydrogen (secondary N) is 1. The van der Waals surface area contributed by atoms with Crippen LogP contribution in [0.25, 0.3) is 0 Å². The van der Waals surface area contributed by atoms with E-state index < -0.39 is 0 Å². The maximum atomic E-state index is 13.2. The van der Waals surface area contributed by atoms with Crippen LogP contribution in [0.4, 0.5) is 4.39 Å². The summed E-state index contributed by atoms with van der Waals surface area (Å²) in [5.74, 6) is 5.21. The van der Waals surface area contributed by atoms with Gasteiger partial charge in [-0.3, -0.25) is 11.3 Å². The van der Waals surface area contributed by atoms with E-state index >= 15 is 0 Å². The average molecular weight is 259 g/mol. The molecule has 0 spiro atoms. The van der Waals surface area contributed by atoms with Gasteiger partial charge in [-0.25, -0.2) is 4.39 Å². The summed E-state index contributed by atoms with van der Waals surface area (Å²) in [6.07, 6.45) is 2.02. The topological polar surface area (TPSA) is 47.3 Å². The van der Waals surface area contributed by atoms with Crippen molar-refractivity contribution in [1.82, 2.24) is 5.43 Å². The quantitative estimate of drug-likeness (QED) is 0.647. The molecule has 0 bridgehead atoms. The Kier molecular flexibility index (Phi) is 3.99. The van der Waals surface area contributed by atoms with Gasteiger partial charge in [0.25, 0.3) is 0 Å². The molecule has 1 aromatic carbocycles. The highest BCUT2D eigenvalue weighted by Gasteiger charge is 2.31. The van der Waals surface area contributed by atoms with Crippen molar-refractivity contribution in [3.05, 3.63) is 34.6 Å². The number of hydrazine groups is 1. The van der Waals surface area contributed by atoms with Crippen LogP contribution in [0.5, 0.6) is 0 Å². The molecule has 3 N–H and O–H groups in total. The normalized spacial score (nSPS) is 26.1. The summed E-state index contributed by atoms with van der Waals surface area (Å²) in [5, 5.41) is 0.498. The van der Waals surface area contributed by atoms with Crippen LogP contribution in [0.15, 0.2) is 18.2 Å². The van der Waals surface area contributed by atoms with Crippen LogP contribution in [0.1, 0.15) is 31.4 Å². The molecule has 5 heteroatoms. The van der Waals surface area contributed by atoms with E-state index in [4.69, 9.17) is 22.2 Å². The first kappa shape index (κ1) is 12.8. The predicted molar refractivity (Wildman–Crippen MR) is 65.0 cm³/mol.